The number of likely N-dealkylation sites (tertiary alicyclic amines) is 1. The van der Waals surface area contributed by atoms with E-state index in [0.29, 0.717) is 38.3 Å². The largest absolute Gasteiger partial charge is 0.491 e. The van der Waals surface area contributed by atoms with Crippen molar-refractivity contribution in [2.45, 2.75) is 12.8 Å². The summed E-state index contributed by atoms with van der Waals surface area (Å²) in [5.74, 6) is 0.631. The number of thiazole rings is 1. The number of pyridine rings is 1. The monoisotopic (exact) mass is 521 g/mol. The van der Waals surface area contributed by atoms with E-state index in [1.807, 2.05) is 42.5 Å². The summed E-state index contributed by atoms with van der Waals surface area (Å²) in [4.78, 5) is 20.2. The maximum Gasteiger partial charge on any atom is 0.274 e. The molecule has 0 radical (unpaired) electrons. The summed E-state index contributed by atoms with van der Waals surface area (Å²) in [7, 11) is 0. The zero-order chi connectivity index (χ0) is 22.1. The van der Waals surface area contributed by atoms with Gasteiger partial charge in [-0.1, -0.05) is 35.3 Å². The van der Waals surface area contributed by atoms with Crippen LogP contribution in [0, 0.1) is 0 Å². The highest BCUT2D eigenvalue weighted by molar-refractivity contribution is 7.21. The summed E-state index contributed by atoms with van der Waals surface area (Å²) in [6, 6.07) is 14.7. The van der Waals surface area contributed by atoms with Crippen molar-refractivity contribution in [3.63, 3.8) is 0 Å². The Bertz CT molecular complexity index is 1320. The van der Waals surface area contributed by atoms with Gasteiger partial charge in [-0.2, -0.15) is 0 Å². The molecule has 3 heterocycles. The third-order valence-electron chi connectivity index (χ3n) is 5.60. The third kappa shape index (κ3) is 5.20. The van der Waals surface area contributed by atoms with E-state index in [1.165, 1.54) is 24.2 Å². The Morgan fingerprint density at radius 2 is 1.79 bits per heavy atom. The van der Waals surface area contributed by atoms with E-state index in [-0.39, 0.29) is 18.0 Å². The van der Waals surface area contributed by atoms with Crippen molar-refractivity contribution in [2.75, 3.05) is 26.2 Å². The Balaban J connectivity index is 0.00000259. The van der Waals surface area contributed by atoms with Crippen molar-refractivity contribution in [1.82, 2.24) is 14.5 Å². The highest BCUT2D eigenvalue weighted by atomic mass is 35.5. The maximum absolute atomic E-state index is 13.2. The van der Waals surface area contributed by atoms with Gasteiger partial charge in [0.15, 0.2) is 0 Å². The molecule has 1 saturated heterocycles. The number of halogens is 3. The van der Waals surface area contributed by atoms with Crippen LogP contribution in [0.1, 0.15) is 12.8 Å². The van der Waals surface area contributed by atoms with Crippen LogP contribution in [0.5, 0.6) is 5.75 Å². The summed E-state index contributed by atoms with van der Waals surface area (Å²) >= 11 is 13.8. The lowest BCUT2D eigenvalue weighted by Crippen LogP contribution is -2.25. The summed E-state index contributed by atoms with van der Waals surface area (Å²) in [6.07, 6.45) is 4.25. The third-order valence-corrected chi connectivity index (χ3v) is 7.25. The van der Waals surface area contributed by atoms with Gasteiger partial charge in [0, 0.05) is 23.3 Å². The molecule has 0 amide bonds. The molecule has 172 valence electrons. The topological polar surface area (TPSA) is 47.4 Å². The van der Waals surface area contributed by atoms with Crippen LogP contribution < -0.4 is 10.3 Å². The summed E-state index contributed by atoms with van der Waals surface area (Å²) in [5.41, 5.74) is 2.17. The van der Waals surface area contributed by atoms with E-state index in [4.69, 9.17) is 27.9 Å². The lowest BCUT2D eigenvalue weighted by atomic mass is 10.2. The average molecular weight is 523 g/mol. The van der Waals surface area contributed by atoms with E-state index >= 15 is 0 Å². The highest BCUT2D eigenvalue weighted by Gasteiger charge is 2.14. The van der Waals surface area contributed by atoms with Gasteiger partial charge in [0.05, 0.1) is 16.2 Å². The predicted octanol–water partition coefficient (Wildman–Crippen LogP) is 6.32. The number of aromatic nitrogens is 2. The lowest BCUT2D eigenvalue weighted by molar-refractivity contribution is 0.238. The van der Waals surface area contributed by atoms with E-state index in [2.05, 4.69) is 9.88 Å². The zero-order valence-corrected chi connectivity index (χ0v) is 20.8. The van der Waals surface area contributed by atoms with E-state index in [9.17, 15) is 4.79 Å². The molecule has 0 spiro atoms. The molecule has 0 bridgehead atoms. The molecule has 1 fully saturated rings. The number of hydrogen-bond donors (Lipinski definition) is 0. The number of hydrogen-bond acceptors (Lipinski definition) is 5. The van der Waals surface area contributed by atoms with Crippen LogP contribution in [-0.4, -0.2) is 40.7 Å². The number of fused-ring (bicyclic) bond motifs is 1. The van der Waals surface area contributed by atoms with Crippen LogP contribution >= 0.6 is 46.9 Å². The molecule has 0 unspecified atom stereocenters. The molecule has 0 aliphatic carbocycles. The summed E-state index contributed by atoms with van der Waals surface area (Å²) in [5, 5.41) is 1.94. The van der Waals surface area contributed by atoms with Crippen LogP contribution in [0.25, 0.3) is 26.5 Å². The average Bonchev–Trinajstić information content (AvgIpc) is 3.46. The number of nitrogens with zero attached hydrogens (tertiary/aromatic N) is 3. The standard InChI is InChI=1S/C24H21Cl2N3O2S.ClH/c25-17-5-3-16(4-6-17)23-27-20-9-12-29(24(30)22(20)32-23)18-7-8-21(19(26)15-18)31-14-13-28-10-1-2-11-28;/h3-9,12,15H,1-2,10-11,13-14H2;1H. The first-order valence-corrected chi connectivity index (χ1v) is 12.1. The second kappa shape index (κ2) is 10.5. The van der Waals surface area contributed by atoms with Crippen molar-refractivity contribution in [3.8, 4) is 22.0 Å². The maximum atomic E-state index is 13.2. The minimum atomic E-state index is -0.126. The minimum absolute atomic E-state index is 0. The van der Waals surface area contributed by atoms with Gasteiger partial charge in [0.25, 0.3) is 5.56 Å². The number of rotatable bonds is 6. The second-order valence-electron chi connectivity index (χ2n) is 7.74. The Hall–Kier alpha value is -2.09. The van der Waals surface area contributed by atoms with Crippen molar-refractivity contribution in [2.24, 2.45) is 0 Å². The van der Waals surface area contributed by atoms with Crippen molar-refractivity contribution in [3.05, 3.63) is 75.1 Å². The molecule has 0 N–H and O–H groups in total. The smallest absolute Gasteiger partial charge is 0.274 e. The molecule has 2 aromatic carbocycles. The van der Waals surface area contributed by atoms with Crippen LogP contribution in [-0.2, 0) is 0 Å². The van der Waals surface area contributed by atoms with Gasteiger partial charge in [0.2, 0.25) is 0 Å². The molecule has 33 heavy (non-hydrogen) atoms. The fraction of sp³-hybridized carbons (Fsp3) is 0.250. The Kier molecular flexibility index (Phi) is 7.62. The Morgan fingerprint density at radius 1 is 1.03 bits per heavy atom. The summed E-state index contributed by atoms with van der Waals surface area (Å²) < 4.78 is 8.06. The zero-order valence-electron chi connectivity index (χ0n) is 17.7. The van der Waals surface area contributed by atoms with Crippen LogP contribution in [0.4, 0.5) is 0 Å². The highest BCUT2D eigenvalue weighted by Crippen LogP contribution is 2.30. The number of benzene rings is 2. The Morgan fingerprint density at radius 3 is 2.52 bits per heavy atom. The van der Waals surface area contributed by atoms with Crippen LogP contribution in [0.15, 0.2) is 59.5 Å². The molecule has 0 atom stereocenters. The van der Waals surface area contributed by atoms with Gasteiger partial charge in [-0.25, -0.2) is 4.98 Å². The fourth-order valence-electron chi connectivity index (χ4n) is 3.89. The Labute approximate surface area is 211 Å². The molecule has 2 aromatic heterocycles. The van der Waals surface area contributed by atoms with Gasteiger partial charge in [-0.15, -0.1) is 23.7 Å². The normalized spacial score (nSPS) is 13.9. The van der Waals surface area contributed by atoms with E-state index in [1.54, 1.807) is 16.8 Å². The molecule has 0 saturated carbocycles. The predicted molar refractivity (Wildman–Crippen MR) is 139 cm³/mol. The SMILES string of the molecule is Cl.O=c1c2sc(-c3ccc(Cl)cc3)nc2ccn1-c1ccc(OCCN2CCCC2)c(Cl)c1. The molecule has 4 aromatic rings. The van der Waals surface area contributed by atoms with Crippen molar-refractivity contribution < 1.29 is 4.74 Å². The van der Waals surface area contributed by atoms with Gasteiger partial charge in [-0.3, -0.25) is 14.3 Å². The van der Waals surface area contributed by atoms with Crippen molar-refractivity contribution in [1.29, 1.82) is 0 Å². The molecular formula is C24H22Cl3N3O2S. The van der Waals surface area contributed by atoms with Gasteiger partial charge in [-0.05, 0) is 62.3 Å². The lowest BCUT2D eigenvalue weighted by Gasteiger charge is -2.16. The quantitative estimate of drug-likeness (QED) is 0.297. The molecular weight excluding hydrogens is 501 g/mol. The van der Waals surface area contributed by atoms with Crippen molar-refractivity contribution >= 4 is 57.2 Å². The molecule has 9 heteroatoms. The first-order chi connectivity index (χ1) is 15.6. The summed E-state index contributed by atoms with van der Waals surface area (Å²) in [6.45, 7) is 3.77. The number of ether oxygens (including phenoxy) is 1. The first-order valence-electron chi connectivity index (χ1n) is 10.5. The van der Waals surface area contributed by atoms with Gasteiger partial charge in [0.1, 0.15) is 22.1 Å². The molecule has 5 nitrogen and oxygen atoms in total. The van der Waals surface area contributed by atoms with Gasteiger partial charge >= 0.3 is 0 Å². The van der Waals surface area contributed by atoms with Gasteiger partial charge < -0.3 is 4.74 Å². The van der Waals surface area contributed by atoms with Crippen LogP contribution in [0.2, 0.25) is 10.0 Å². The second-order valence-corrected chi connectivity index (χ2v) is 9.59. The minimum Gasteiger partial charge on any atom is -0.491 e. The van der Waals surface area contributed by atoms with Crippen LogP contribution in [0.3, 0.4) is 0 Å². The molecule has 1 aliphatic rings. The molecule has 5 rings (SSSR count). The fourth-order valence-corrected chi connectivity index (χ4v) is 5.24. The first kappa shape index (κ1) is 24.0. The van der Waals surface area contributed by atoms with E-state index < -0.39 is 0 Å². The molecule has 1 aliphatic heterocycles. The van der Waals surface area contributed by atoms with E-state index in [0.717, 1.165) is 30.2 Å².